The molecular formula is C15H13N3S. The Morgan fingerprint density at radius 2 is 1.89 bits per heavy atom. The summed E-state index contributed by atoms with van der Waals surface area (Å²) in [5.74, 6) is 0.890. The number of thiazole rings is 1. The predicted molar refractivity (Wildman–Crippen MR) is 79.1 cm³/mol. The minimum Gasteiger partial charge on any atom is -0.364 e. The van der Waals surface area contributed by atoms with Gasteiger partial charge in [0.2, 0.25) is 0 Å². The summed E-state index contributed by atoms with van der Waals surface area (Å²) in [5, 5.41) is 5.39. The smallest absolute Gasteiger partial charge is 0.134 e. The molecule has 2 heterocycles. The molecule has 2 aromatic heterocycles. The molecule has 3 aromatic rings. The topological polar surface area (TPSA) is 37.8 Å². The van der Waals surface area contributed by atoms with Crippen molar-refractivity contribution in [3.05, 3.63) is 65.2 Å². The summed E-state index contributed by atoms with van der Waals surface area (Å²) in [6.45, 7) is 0.695. The maximum absolute atomic E-state index is 4.42. The Morgan fingerprint density at radius 3 is 2.68 bits per heavy atom. The first kappa shape index (κ1) is 11.9. The Kier molecular flexibility index (Phi) is 3.51. The molecule has 3 rings (SSSR count). The summed E-state index contributed by atoms with van der Waals surface area (Å²) in [7, 11) is 0. The van der Waals surface area contributed by atoms with Crippen LogP contribution in [0.25, 0.3) is 11.1 Å². The van der Waals surface area contributed by atoms with E-state index < -0.39 is 0 Å². The molecule has 0 aliphatic rings. The normalized spacial score (nSPS) is 10.3. The van der Waals surface area contributed by atoms with Crippen LogP contribution in [-0.2, 0) is 6.54 Å². The summed E-state index contributed by atoms with van der Waals surface area (Å²) in [4.78, 5) is 8.68. The Bertz CT molecular complexity index is 636. The van der Waals surface area contributed by atoms with Crippen LogP contribution in [0.5, 0.6) is 0 Å². The first-order valence-corrected chi connectivity index (χ1v) is 6.99. The highest BCUT2D eigenvalue weighted by molar-refractivity contribution is 7.07. The van der Waals surface area contributed by atoms with Gasteiger partial charge < -0.3 is 5.32 Å². The molecule has 0 atom stereocenters. The molecule has 4 heteroatoms. The molecule has 0 radical (unpaired) electrons. The van der Waals surface area contributed by atoms with Crippen LogP contribution in [0.1, 0.15) is 5.69 Å². The first-order chi connectivity index (χ1) is 9.43. The van der Waals surface area contributed by atoms with E-state index in [0.717, 1.165) is 22.6 Å². The van der Waals surface area contributed by atoms with E-state index in [1.165, 1.54) is 0 Å². The number of anilines is 1. The minimum atomic E-state index is 0.695. The highest BCUT2D eigenvalue weighted by atomic mass is 32.1. The lowest BCUT2D eigenvalue weighted by atomic mass is 10.1. The number of pyridine rings is 1. The standard InChI is InChI=1S/C15H13N3S/c1-2-5-12(6-3-1)14-7-4-8-16-15(14)17-9-13-10-19-11-18-13/h1-8,10-11H,9H2,(H,16,17). The zero-order valence-electron chi connectivity index (χ0n) is 10.3. The molecule has 94 valence electrons. The highest BCUT2D eigenvalue weighted by Crippen LogP contribution is 2.25. The van der Waals surface area contributed by atoms with Crippen LogP contribution in [0.3, 0.4) is 0 Å². The van der Waals surface area contributed by atoms with Gasteiger partial charge in [-0.15, -0.1) is 11.3 Å². The van der Waals surface area contributed by atoms with E-state index in [-0.39, 0.29) is 0 Å². The Morgan fingerprint density at radius 1 is 1.00 bits per heavy atom. The van der Waals surface area contributed by atoms with E-state index >= 15 is 0 Å². The van der Waals surface area contributed by atoms with Gasteiger partial charge in [0.15, 0.2) is 0 Å². The molecule has 0 unspecified atom stereocenters. The number of nitrogens with one attached hydrogen (secondary N) is 1. The molecule has 0 aliphatic carbocycles. The second-order valence-corrected chi connectivity index (χ2v) is 4.82. The molecule has 1 aromatic carbocycles. The second kappa shape index (κ2) is 5.63. The van der Waals surface area contributed by atoms with Gasteiger partial charge in [0.05, 0.1) is 17.7 Å². The van der Waals surface area contributed by atoms with Gasteiger partial charge in [-0.2, -0.15) is 0 Å². The van der Waals surface area contributed by atoms with Gasteiger partial charge in [-0.05, 0) is 17.7 Å². The fourth-order valence-electron chi connectivity index (χ4n) is 1.90. The van der Waals surface area contributed by atoms with Crippen LogP contribution in [0, 0.1) is 0 Å². The minimum absolute atomic E-state index is 0.695. The number of aromatic nitrogens is 2. The summed E-state index contributed by atoms with van der Waals surface area (Å²) >= 11 is 1.60. The maximum atomic E-state index is 4.42. The van der Waals surface area contributed by atoms with Crippen molar-refractivity contribution in [2.75, 3.05) is 5.32 Å². The molecule has 19 heavy (non-hydrogen) atoms. The van der Waals surface area contributed by atoms with Crippen molar-refractivity contribution < 1.29 is 0 Å². The zero-order chi connectivity index (χ0) is 12.9. The summed E-state index contributed by atoms with van der Waals surface area (Å²) in [6.07, 6.45) is 1.80. The van der Waals surface area contributed by atoms with Crippen LogP contribution in [0.2, 0.25) is 0 Å². The molecule has 0 amide bonds. The van der Waals surface area contributed by atoms with Crippen LogP contribution < -0.4 is 5.32 Å². The highest BCUT2D eigenvalue weighted by Gasteiger charge is 2.05. The van der Waals surface area contributed by atoms with E-state index in [9.17, 15) is 0 Å². The molecular weight excluding hydrogens is 254 g/mol. The van der Waals surface area contributed by atoms with Crippen LogP contribution >= 0.6 is 11.3 Å². The lowest BCUT2D eigenvalue weighted by Crippen LogP contribution is -2.02. The number of benzene rings is 1. The average Bonchev–Trinajstić information content (AvgIpc) is 3.00. The van der Waals surface area contributed by atoms with Crippen LogP contribution in [-0.4, -0.2) is 9.97 Å². The van der Waals surface area contributed by atoms with E-state index in [1.54, 1.807) is 17.5 Å². The molecule has 0 saturated heterocycles. The van der Waals surface area contributed by atoms with Crippen molar-refractivity contribution in [1.82, 2.24) is 9.97 Å². The van der Waals surface area contributed by atoms with Crippen LogP contribution in [0.4, 0.5) is 5.82 Å². The third-order valence-corrected chi connectivity index (χ3v) is 3.45. The Hall–Kier alpha value is -2.20. The third-order valence-electron chi connectivity index (χ3n) is 2.81. The zero-order valence-corrected chi connectivity index (χ0v) is 11.1. The summed E-state index contributed by atoms with van der Waals surface area (Å²) in [5.41, 5.74) is 5.15. The number of rotatable bonds is 4. The Labute approximate surface area is 116 Å². The van der Waals surface area contributed by atoms with E-state index in [2.05, 4.69) is 33.5 Å². The van der Waals surface area contributed by atoms with Gasteiger partial charge in [0.1, 0.15) is 5.82 Å². The van der Waals surface area contributed by atoms with Gasteiger partial charge in [-0.1, -0.05) is 30.3 Å². The van der Waals surface area contributed by atoms with E-state index in [4.69, 9.17) is 0 Å². The summed E-state index contributed by atoms with van der Waals surface area (Å²) < 4.78 is 0. The third kappa shape index (κ3) is 2.80. The molecule has 1 N–H and O–H groups in total. The van der Waals surface area contributed by atoms with E-state index in [0.29, 0.717) is 6.54 Å². The molecule has 0 fully saturated rings. The lowest BCUT2D eigenvalue weighted by Gasteiger charge is -2.09. The number of hydrogen-bond donors (Lipinski definition) is 1. The molecule has 3 nitrogen and oxygen atoms in total. The van der Waals surface area contributed by atoms with Crippen LogP contribution in [0.15, 0.2) is 59.6 Å². The van der Waals surface area contributed by atoms with Gasteiger partial charge in [-0.3, -0.25) is 0 Å². The number of hydrogen-bond acceptors (Lipinski definition) is 4. The van der Waals surface area contributed by atoms with Crippen molar-refractivity contribution in [1.29, 1.82) is 0 Å². The molecule has 0 bridgehead atoms. The first-order valence-electron chi connectivity index (χ1n) is 6.05. The fourth-order valence-corrected chi connectivity index (χ4v) is 2.45. The van der Waals surface area contributed by atoms with Gasteiger partial charge >= 0.3 is 0 Å². The number of nitrogens with zero attached hydrogens (tertiary/aromatic N) is 2. The van der Waals surface area contributed by atoms with Gasteiger partial charge in [0.25, 0.3) is 0 Å². The maximum Gasteiger partial charge on any atom is 0.134 e. The summed E-state index contributed by atoms with van der Waals surface area (Å²) in [6, 6.07) is 14.3. The van der Waals surface area contributed by atoms with Gasteiger partial charge in [0, 0.05) is 17.1 Å². The largest absolute Gasteiger partial charge is 0.364 e. The van der Waals surface area contributed by atoms with Crippen molar-refractivity contribution in [2.24, 2.45) is 0 Å². The monoisotopic (exact) mass is 267 g/mol. The van der Waals surface area contributed by atoms with Gasteiger partial charge in [-0.25, -0.2) is 9.97 Å². The van der Waals surface area contributed by atoms with Crippen molar-refractivity contribution >= 4 is 17.2 Å². The SMILES string of the molecule is c1ccc(-c2cccnc2NCc2cscn2)cc1. The predicted octanol–water partition coefficient (Wildman–Crippen LogP) is 3.82. The quantitative estimate of drug-likeness (QED) is 0.781. The van der Waals surface area contributed by atoms with Crippen molar-refractivity contribution in [3.8, 4) is 11.1 Å². The molecule has 0 aliphatic heterocycles. The average molecular weight is 267 g/mol. The second-order valence-electron chi connectivity index (χ2n) is 4.10. The van der Waals surface area contributed by atoms with Crippen molar-refractivity contribution in [3.63, 3.8) is 0 Å². The Balaban J connectivity index is 1.85. The lowest BCUT2D eigenvalue weighted by molar-refractivity contribution is 1.05. The van der Waals surface area contributed by atoms with E-state index in [1.807, 2.05) is 35.2 Å². The molecule has 0 spiro atoms. The van der Waals surface area contributed by atoms with Crippen molar-refractivity contribution in [2.45, 2.75) is 6.54 Å². The molecule has 0 saturated carbocycles. The fraction of sp³-hybridized carbons (Fsp3) is 0.0667.